The number of furan rings is 1. The summed E-state index contributed by atoms with van der Waals surface area (Å²) >= 11 is 6.25. The Morgan fingerprint density at radius 1 is 1.16 bits per heavy atom. The Kier molecular flexibility index (Phi) is 6.22. The Morgan fingerprint density at radius 3 is 2.47 bits per heavy atom. The van der Waals surface area contributed by atoms with Crippen LogP contribution in [0.25, 0.3) is 22.6 Å². The van der Waals surface area contributed by atoms with Gasteiger partial charge in [-0.2, -0.15) is 5.10 Å². The van der Waals surface area contributed by atoms with Crippen molar-refractivity contribution in [2.24, 2.45) is 7.05 Å². The van der Waals surface area contributed by atoms with E-state index in [1.165, 1.54) is 0 Å². The maximum atomic E-state index is 10.0. The minimum absolute atomic E-state index is 0.0835. The van der Waals surface area contributed by atoms with Crippen molar-refractivity contribution in [3.8, 4) is 11.5 Å². The maximum absolute atomic E-state index is 10.0. The third-order valence-corrected chi connectivity index (χ3v) is 5.42. The van der Waals surface area contributed by atoms with E-state index in [0.29, 0.717) is 46.6 Å². The summed E-state index contributed by atoms with van der Waals surface area (Å²) < 4.78 is 13.1. The number of fused-ring (bicyclic) bond motifs is 1. The van der Waals surface area contributed by atoms with Crippen molar-refractivity contribution in [2.75, 3.05) is 31.2 Å². The summed E-state index contributed by atoms with van der Waals surface area (Å²) in [7, 11) is 30.0. The Hall–Kier alpha value is -1.81. The molecular formula is C18H17B5ClN5O3. The molecule has 32 heavy (non-hydrogen) atoms. The van der Waals surface area contributed by atoms with Crippen LogP contribution in [0.15, 0.2) is 22.6 Å². The zero-order valence-electron chi connectivity index (χ0n) is 17.5. The third kappa shape index (κ3) is 4.76. The van der Waals surface area contributed by atoms with E-state index in [-0.39, 0.29) is 6.54 Å². The zero-order valence-corrected chi connectivity index (χ0v) is 18.3. The lowest BCUT2D eigenvalue weighted by molar-refractivity contribution is 0.0196. The minimum atomic E-state index is -2.35. The second kappa shape index (κ2) is 8.52. The van der Waals surface area contributed by atoms with Crippen LogP contribution in [-0.2, 0) is 18.3 Å². The molecule has 14 heteroatoms. The number of pyridine rings is 1. The summed E-state index contributed by atoms with van der Waals surface area (Å²) in [6.45, 7) is 2.59. The highest BCUT2D eigenvalue weighted by molar-refractivity contribution is 6.59. The molecule has 8 nitrogen and oxygen atoms in total. The van der Waals surface area contributed by atoms with Gasteiger partial charge in [-0.3, -0.25) is 4.68 Å². The lowest BCUT2D eigenvalue weighted by Crippen LogP contribution is -2.62. The molecule has 1 fully saturated rings. The predicted molar refractivity (Wildman–Crippen MR) is 126 cm³/mol. The van der Waals surface area contributed by atoms with E-state index in [4.69, 9.17) is 60.0 Å². The van der Waals surface area contributed by atoms with Gasteiger partial charge in [0.05, 0.1) is 48.1 Å². The Labute approximate surface area is 197 Å². The SMILES string of the molecule is [B]C([B])([B])N(Cc1cc(-c2cc3nc(Cl)cc(N4CCOCC4)c3o2)nn1C)C([B])([B])O. The molecule has 3 aromatic rings. The second-order valence-corrected chi connectivity index (χ2v) is 8.18. The van der Waals surface area contributed by atoms with E-state index < -0.39 is 10.8 Å². The first-order valence-electron chi connectivity index (χ1n) is 9.84. The van der Waals surface area contributed by atoms with Gasteiger partial charge in [-0.1, -0.05) is 16.8 Å². The van der Waals surface area contributed by atoms with Crippen molar-refractivity contribution in [2.45, 2.75) is 17.3 Å². The highest BCUT2D eigenvalue weighted by Gasteiger charge is 2.32. The summed E-state index contributed by atoms with van der Waals surface area (Å²) in [6.07, 6.45) is 0. The quantitative estimate of drug-likeness (QED) is 0.317. The third-order valence-electron chi connectivity index (χ3n) is 5.23. The first-order valence-corrected chi connectivity index (χ1v) is 10.2. The Bertz CT molecular complexity index is 1110. The average molecular weight is 441 g/mol. The van der Waals surface area contributed by atoms with Gasteiger partial charge in [-0.25, -0.2) is 4.98 Å². The van der Waals surface area contributed by atoms with Crippen LogP contribution in [0.2, 0.25) is 5.15 Å². The number of morpholine rings is 1. The van der Waals surface area contributed by atoms with Gasteiger partial charge in [0.2, 0.25) is 0 Å². The van der Waals surface area contributed by atoms with Crippen LogP contribution < -0.4 is 4.90 Å². The number of halogens is 1. The molecule has 1 aliphatic heterocycles. The molecule has 0 bridgehead atoms. The Balaban J connectivity index is 1.70. The fourth-order valence-electron chi connectivity index (χ4n) is 3.65. The van der Waals surface area contributed by atoms with Crippen LogP contribution in [0.5, 0.6) is 0 Å². The highest BCUT2D eigenvalue weighted by Crippen LogP contribution is 2.35. The summed E-state index contributed by atoms with van der Waals surface area (Å²) in [5.41, 5.74) is 0.774. The van der Waals surface area contributed by atoms with E-state index in [1.54, 1.807) is 29.9 Å². The molecule has 1 N–H and O–H groups in total. The molecule has 0 aliphatic carbocycles. The van der Waals surface area contributed by atoms with Gasteiger partial charge in [0.25, 0.3) is 0 Å². The van der Waals surface area contributed by atoms with Crippen molar-refractivity contribution < 1.29 is 14.3 Å². The number of hydrogen-bond acceptors (Lipinski definition) is 7. The van der Waals surface area contributed by atoms with Crippen molar-refractivity contribution in [3.63, 3.8) is 0 Å². The summed E-state index contributed by atoms with van der Waals surface area (Å²) in [4.78, 5) is 7.44. The number of aliphatic hydroxyl groups is 1. The maximum Gasteiger partial charge on any atom is 0.176 e. The number of nitrogens with zero attached hydrogens (tertiary/aromatic N) is 5. The zero-order chi connectivity index (χ0) is 23.3. The van der Waals surface area contributed by atoms with Crippen molar-refractivity contribution in [1.29, 1.82) is 0 Å². The number of hydrogen-bond donors (Lipinski definition) is 1. The molecule has 0 atom stereocenters. The minimum Gasteiger partial charge on any atom is -0.450 e. The number of anilines is 1. The van der Waals surface area contributed by atoms with Crippen LogP contribution in [0.3, 0.4) is 0 Å². The molecule has 10 radical (unpaired) electrons. The molecular weight excluding hydrogens is 424 g/mol. The van der Waals surface area contributed by atoms with Crippen LogP contribution in [-0.4, -0.2) is 101 Å². The molecule has 0 saturated carbocycles. The molecule has 3 aromatic heterocycles. The largest absolute Gasteiger partial charge is 0.450 e. The summed E-state index contributed by atoms with van der Waals surface area (Å²) in [5.74, 6) is 0.480. The van der Waals surface area contributed by atoms with Gasteiger partial charge < -0.3 is 24.1 Å². The predicted octanol–water partition coefficient (Wildman–Crippen LogP) is -0.422. The number of aryl methyl sites for hydroxylation is 1. The molecule has 0 spiro atoms. The normalized spacial score (nSPS) is 15.7. The molecule has 1 aliphatic rings. The molecule has 0 aromatic carbocycles. The van der Waals surface area contributed by atoms with E-state index in [0.717, 1.165) is 23.7 Å². The van der Waals surface area contributed by atoms with E-state index in [9.17, 15) is 5.11 Å². The van der Waals surface area contributed by atoms with E-state index in [2.05, 4.69) is 15.0 Å². The monoisotopic (exact) mass is 441 g/mol. The first kappa shape index (κ1) is 23.4. The molecule has 1 saturated heterocycles. The number of aromatic nitrogens is 3. The summed E-state index contributed by atoms with van der Waals surface area (Å²) in [5, 5.41) is 12.9. The van der Waals surface area contributed by atoms with E-state index >= 15 is 0 Å². The van der Waals surface area contributed by atoms with E-state index in [1.807, 2.05) is 0 Å². The van der Waals surface area contributed by atoms with Gasteiger partial charge >= 0.3 is 0 Å². The highest BCUT2D eigenvalue weighted by atomic mass is 35.5. The van der Waals surface area contributed by atoms with Gasteiger partial charge in [0.15, 0.2) is 11.3 Å². The molecule has 154 valence electrons. The van der Waals surface area contributed by atoms with Gasteiger partial charge in [0, 0.05) is 44.3 Å². The smallest absolute Gasteiger partial charge is 0.176 e. The average Bonchev–Trinajstić information content (AvgIpc) is 3.27. The molecule has 4 heterocycles. The van der Waals surface area contributed by atoms with Crippen LogP contribution in [0, 0.1) is 0 Å². The fraction of sp³-hybridized carbons (Fsp3) is 0.444. The molecule has 0 unspecified atom stereocenters. The number of ether oxygens (including phenoxy) is 1. The van der Waals surface area contributed by atoms with Crippen LogP contribution >= 0.6 is 11.6 Å². The van der Waals surface area contributed by atoms with Crippen molar-refractivity contribution in [3.05, 3.63) is 29.0 Å². The standard InChI is InChI=1S/C18H17B5ClN5O3/c1-27-10(9-29(17(19,20)21)18(22,23)30)6-11(26-27)14-7-12-16(32-14)13(8-15(24)25-12)28-2-4-31-5-3-28/h6-8,30H,2-5,9H2,1H3. The topological polar surface area (TPSA) is 79.8 Å². The van der Waals surface area contributed by atoms with Crippen LogP contribution in [0.1, 0.15) is 5.69 Å². The number of rotatable bonds is 6. The Morgan fingerprint density at radius 2 is 1.84 bits per heavy atom. The molecule has 4 rings (SSSR count). The first-order chi connectivity index (χ1) is 14.9. The second-order valence-electron chi connectivity index (χ2n) is 7.79. The van der Waals surface area contributed by atoms with Gasteiger partial charge in [-0.05, 0) is 6.07 Å². The summed E-state index contributed by atoms with van der Waals surface area (Å²) in [6, 6.07) is 5.26. The van der Waals surface area contributed by atoms with Gasteiger partial charge in [-0.15, -0.1) is 0 Å². The lowest BCUT2D eigenvalue weighted by atomic mass is 9.46. The van der Waals surface area contributed by atoms with Crippen LogP contribution in [0.4, 0.5) is 5.69 Å². The van der Waals surface area contributed by atoms with Crippen molar-refractivity contribution in [1.82, 2.24) is 19.7 Å². The van der Waals surface area contributed by atoms with Crippen molar-refractivity contribution >= 4 is 67.6 Å². The molecule has 0 amide bonds. The fourth-order valence-corrected chi connectivity index (χ4v) is 3.84. The lowest BCUT2D eigenvalue weighted by Gasteiger charge is -2.46. The van der Waals surface area contributed by atoms with Gasteiger partial charge in [0.1, 0.15) is 32.1 Å².